The molecule has 1 N–H and O–H groups in total. The minimum atomic E-state index is -0.452. The first kappa shape index (κ1) is 17.5. The van der Waals surface area contributed by atoms with Crippen LogP contribution in [0.25, 0.3) is 0 Å². The van der Waals surface area contributed by atoms with Gasteiger partial charge in [0.15, 0.2) is 0 Å². The first-order chi connectivity index (χ1) is 12.0. The van der Waals surface area contributed by atoms with E-state index < -0.39 is 5.92 Å². The molecule has 2 aromatic rings. The zero-order valence-corrected chi connectivity index (χ0v) is 14.7. The average Bonchev–Trinajstić information content (AvgIpc) is 2.99. The van der Waals surface area contributed by atoms with Gasteiger partial charge in [-0.1, -0.05) is 41.4 Å². The van der Waals surface area contributed by atoms with Crippen LogP contribution in [-0.4, -0.2) is 24.6 Å². The van der Waals surface area contributed by atoms with Gasteiger partial charge in [0.25, 0.3) is 0 Å². The van der Waals surface area contributed by atoms with Crippen LogP contribution >= 0.6 is 23.2 Å². The number of hydrogen-bond donors (Lipinski definition) is 1. The van der Waals surface area contributed by atoms with Crippen molar-refractivity contribution in [1.29, 1.82) is 0 Å². The van der Waals surface area contributed by atoms with Crippen LogP contribution in [0, 0.1) is 5.92 Å². The Kier molecular flexibility index (Phi) is 5.36. The number of hydrogen-bond acceptors (Lipinski definition) is 3. The minimum absolute atomic E-state index is 0.0995. The van der Waals surface area contributed by atoms with E-state index in [1.165, 1.54) is 6.21 Å². The molecule has 128 valence electrons. The normalized spacial score (nSPS) is 17.3. The second-order valence-electron chi connectivity index (χ2n) is 5.64. The molecule has 5 nitrogen and oxygen atoms in total. The summed E-state index contributed by atoms with van der Waals surface area (Å²) in [4.78, 5) is 26.0. The first-order valence-electron chi connectivity index (χ1n) is 7.68. The van der Waals surface area contributed by atoms with Crippen molar-refractivity contribution in [3.8, 4) is 0 Å². The molecule has 2 aromatic carbocycles. The fourth-order valence-corrected chi connectivity index (χ4v) is 2.90. The van der Waals surface area contributed by atoms with Crippen LogP contribution in [-0.2, 0) is 9.59 Å². The van der Waals surface area contributed by atoms with Crippen molar-refractivity contribution in [2.45, 2.75) is 6.42 Å². The van der Waals surface area contributed by atoms with Crippen LogP contribution in [0.15, 0.2) is 53.6 Å². The second kappa shape index (κ2) is 7.68. The Morgan fingerprint density at radius 3 is 2.60 bits per heavy atom. The van der Waals surface area contributed by atoms with E-state index in [-0.39, 0.29) is 18.2 Å². The molecule has 0 saturated carbocycles. The molecular formula is C18H15Cl2N3O2. The molecule has 25 heavy (non-hydrogen) atoms. The van der Waals surface area contributed by atoms with E-state index in [2.05, 4.69) is 10.5 Å². The summed E-state index contributed by atoms with van der Waals surface area (Å²) in [6.45, 7) is 0.313. The highest BCUT2D eigenvalue weighted by Crippen LogP contribution is 2.26. The number of carbonyl (C=O) groups is 2. The maximum atomic E-state index is 12.2. The van der Waals surface area contributed by atoms with Crippen LogP contribution in [0.2, 0.25) is 10.0 Å². The number of nitrogens with one attached hydrogen (secondary N) is 1. The van der Waals surface area contributed by atoms with Crippen LogP contribution in [0.3, 0.4) is 0 Å². The molecule has 1 aliphatic heterocycles. The molecule has 0 radical (unpaired) electrons. The molecule has 1 atom stereocenters. The molecule has 0 unspecified atom stereocenters. The third-order valence-electron chi connectivity index (χ3n) is 3.92. The second-order valence-corrected chi connectivity index (χ2v) is 6.48. The van der Waals surface area contributed by atoms with Crippen LogP contribution in [0.4, 0.5) is 5.69 Å². The zero-order valence-electron chi connectivity index (χ0n) is 13.2. The fourth-order valence-electron chi connectivity index (χ4n) is 2.59. The SMILES string of the molecule is O=C(N/N=C\c1ccccc1Cl)[C@H]1CC(=O)N(c2ccc(Cl)cc2)C1. The lowest BCUT2D eigenvalue weighted by Gasteiger charge is -2.16. The average molecular weight is 376 g/mol. The quantitative estimate of drug-likeness (QED) is 0.656. The van der Waals surface area contributed by atoms with Crippen molar-refractivity contribution in [1.82, 2.24) is 5.43 Å². The number of benzene rings is 2. The third kappa shape index (κ3) is 4.18. The summed E-state index contributed by atoms with van der Waals surface area (Å²) in [6.07, 6.45) is 1.63. The maximum absolute atomic E-state index is 12.2. The highest BCUT2D eigenvalue weighted by Gasteiger charge is 2.35. The molecule has 0 spiro atoms. The molecule has 1 heterocycles. The summed E-state index contributed by atoms with van der Waals surface area (Å²) < 4.78 is 0. The standard InChI is InChI=1S/C18H15Cl2N3O2/c19-14-5-7-15(8-6-14)23-11-13(9-17(23)24)18(25)22-21-10-12-3-1-2-4-16(12)20/h1-8,10,13H,9,11H2,(H,22,25)/b21-10-/t13-/m0/s1. The van der Waals surface area contributed by atoms with Crippen LogP contribution in [0.5, 0.6) is 0 Å². The number of halogens is 2. The Hall–Kier alpha value is -2.37. The van der Waals surface area contributed by atoms with Gasteiger partial charge in [-0.15, -0.1) is 0 Å². The lowest BCUT2D eigenvalue weighted by atomic mass is 10.1. The highest BCUT2D eigenvalue weighted by molar-refractivity contribution is 6.33. The molecule has 0 aromatic heterocycles. The van der Waals surface area contributed by atoms with Gasteiger partial charge < -0.3 is 4.90 Å². The van der Waals surface area contributed by atoms with Crippen molar-refractivity contribution < 1.29 is 9.59 Å². The van der Waals surface area contributed by atoms with E-state index in [0.717, 1.165) is 5.69 Å². The van der Waals surface area contributed by atoms with E-state index in [4.69, 9.17) is 23.2 Å². The van der Waals surface area contributed by atoms with Crippen molar-refractivity contribution in [3.05, 3.63) is 64.1 Å². The molecule has 0 aliphatic carbocycles. The van der Waals surface area contributed by atoms with Gasteiger partial charge in [-0.2, -0.15) is 5.10 Å². The summed E-state index contributed by atoms with van der Waals surface area (Å²) >= 11 is 11.9. The summed E-state index contributed by atoms with van der Waals surface area (Å²) in [6, 6.07) is 14.1. The van der Waals surface area contributed by atoms with E-state index in [0.29, 0.717) is 22.2 Å². The zero-order chi connectivity index (χ0) is 17.8. The summed E-state index contributed by atoms with van der Waals surface area (Å²) in [5.41, 5.74) is 3.90. The lowest BCUT2D eigenvalue weighted by Crippen LogP contribution is -2.30. The van der Waals surface area contributed by atoms with Crippen molar-refractivity contribution in [2.24, 2.45) is 11.0 Å². The molecular weight excluding hydrogens is 361 g/mol. The van der Waals surface area contributed by atoms with Crippen molar-refractivity contribution in [3.63, 3.8) is 0 Å². The van der Waals surface area contributed by atoms with E-state index in [1.54, 1.807) is 41.3 Å². The maximum Gasteiger partial charge on any atom is 0.245 e. The Morgan fingerprint density at radius 1 is 1.16 bits per heavy atom. The van der Waals surface area contributed by atoms with E-state index >= 15 is 0 Å². The number of rotatable bonds is 4. The predicted molar refractivity (Wildman–Crippen MR) is 99.1 cm³/mol. The molecule has 1 fully saturated rings. The first-order valence-corrected chi connectivity index (χ1v) is 8.43. The van der Waals surface area contributed by atoms with Gasteiger partial charge in [0, 0.05) is 34.3 Å². The lowest BCUT2D eigenvalue weighted by molar-refractivity contribution is -0.126. The Balaban J connectivity index is 1.61. The largest absolute Gasteiger partial charge is 0.312 e. The Bertz CT molecular complexity index is 821. The smallest absolute Gasteiger partial charge is 0.245 e. The molecule has 1 aliphatic rings. The number of hydrazone groups is 1. The van der Waals surface area contributed by atoms with Crippen molar-refractivity contribution in [2.75, 3.05) is 11.4 Å². The minimum Gasteiger partial charge on any atom is -0.312 e. The van der Waals surface area contributed by atoms with Crippen LogP contribution < -0.4 is 10.3 Å². The molecule has 0 bridgehead atoms. The van der Waals surface area contributed by atoms with Crippen molar-refractivity contribution >= 4 is 46.9 Å². The third-order valence-corrected chi connectivity index (χ3v) is 4.51. The summed E-state index contributed by atoms with van der Waals surface area (Å²) in [5, 5.41) is 5.07. The highest BCUT2D eigenvalue weighted by atomic mass is 35.5. The van der Waals surface area contributed by atoms with Crippen LogP contribution in [0.1, 0.15) is 12.0 Å². The van der Waals surface area contributed by atoms with Gasteiger partial charge in [0.05, 0.1) is 12.1 Å². The number of nitrogens with zero attached hydrogens (tertiary/aromatic N) is 2. The summed E-state index contributed by atoms with van der Waals surface area (Å²) in [5.74, 6) is -0.850. The number of anilines is 1. The number of carbonyl (C=O) groups excluding carboxylic acids is 2. The van der Waals surface area contributed by atoms with Gasteiger partial charge >= 0.3 is 0 Å². The Labute approximate surface area is 155 Å². The molecule has 7 heteroatoms. The van der Waals surface area contributed by atoms with Gasteiger partial charge in [-0.05, 0) is 30.3 Å². The van der Waals surface area contributed by atoms with Gasteiger partial charge in [-0.25, -0.2) is 5.43 Å². The topological polar surface area (TPSA) is 61.8 Å². The molecule has 3 rings (SSSR count). The predicted octanol–water partition coefficient (Wildman–Crippen LogP) is 3.50. The monoisotopic (exact) mass is 375 g/mol. The fraction of sp³-hybridized carbons (Fsp3) is 0.167. The number of amides is 2. The molecule has 2 amide bonds. The van der Waals surface area contributed by atoms with Gasteiger partial charge in [0.2, 0.25) is 11.8 Å². The van der Waals surface area contributed by atoms with E-state index in [9.17, 15) is 9.59 Å². The summed E-state index contributed by atoms with van der Waals surface area (Å²) in [7, 11) is 0. The van der Waals surface area contributed by atoms with E-state index in [1.807, 2.05) is 12.1 Å². The van der Waals surface area contributed by atoms with Gasteiger partial charge in [-0.3, -0.25) is 9.59 Å². The van der Waals surface area contributed by atoms with Gasteiger partial charge in [0.1, 0.15) is 0 Å². The molecule has 1 saturated heterocycles. The Morgan fingerprint density at radius 2 is 1.88 bits per heavy atom.